The monoisotopic (exact) mass is 253 g/mol. The molecule has 0 spiro atoms. The molecule has 0 unspecified atom stereocenters. The summed E-state index contributed by atoms with van der Waals surface area (Å²) in [5.74, 6) is 0. The van der Waals surface area contributed by atoms with Crippen LogP contribution in [0.2, 0.25) is 0 Å². The van der Waals surface area contributed by atoms with Gasteiger partial charge in [-0.1, -0.05) is 0 Å². The van der Waals surface area contributed by atoms with E-state index in [-0.39, 0.29) is 70.3 Å². The molecule has 0 aliphatic heterocycles. The predicted molar refractivity (Wildman–Crippen MR) is 1.80 cm³/mol. The van der Waals surface area contributed by atoms with Crippen LogP contribution >= 0.6 is 0 Å². The molecule has 0 saturated carbocycles. The van der Waals surface area contributed by atoms with Gasteiger partial charge in [0.1, 0.15) is 0 Å². The van der Waals surface area contributed by atoms with Crippen LogP contribution in [0.4, 0.5) is 0 Å². The summed E-state index contributed by atoms with van der Waals surface area (Å²) >= 11 is 2.62. The van der Waals surface area contributed by atoms with Crippen LogP contribution in [0.1, 0.15) is 1.43 Å². The van der Waals surface area contributed by atoms with Crippen LogP contribution in [0.25, 0.3) is 0 Å². The van der Waals surface area contributed by atoms with Crippen molar-refractivity contribution in [1.82, 2.24) is 0 Å². The van der Waals surface area contributed by atoms with E-state index in [2.05, 4.69) is 15.4 Å². The third-order valence-electron chi connectivity index (χ3n) is 0. The van der Waals surface area contributed by atoms with E-state index in [0.717, 1.165) is 0 Å². The van der Waals surface area contributed by atoms with E-state index in [0.29, 0.717) is 0 Å². The van der Waals surface area contributed by atoms with Crippen molar-refractivity contribution in [1.29, 1.82) is 0 Å². The maximum atomic E-state index is 7.88. The van der Waals surface area contributed by atoms with Crippen LogP contribution in [0.3, 0.4) is 0 Å². The maximum absolute atomic E-state index is 7.88. The van der Waals surface area contributed by atoms with Crippen LogP contribution in [0.5, 0.6) is 0 Å². The van der Waals surface area contributed by atoms with E-state index >= 15 is 0 Å². The quantitative estimate of drug-likeness (QED) is 0.421. The van der Waals surface area contributed by atoms with Crippen molar-refractivity contribution in [2.75, 3.05) is 0 Å². The third-order valence-corrected chi connectivity index (χ3v) is 0. The van der Waals surface area contributed by atoms with Gasteiger partial charge in [0, 0.05) is 50.1 Å². The summed E-state index contributed by atoms with van der Waals surface area (Å²) in [6.45, 7) is 0. The molecule has 0 rings (SSSR count). The van der Waals surface area contributed by atoms with Gasteiger partial charge in [0.15, 0.2) is 0 Å². The molecule has 0 amide bonds. The molecule has 1 nitrogen and oxygen atoms in total. The Balaban J connectivity index is -0.000000000500. The SMILES string of the molecule is [H-].[Li+].[Mn].[Ni].[Ni].[O]=[Ni]. The zero-order valence-corrected chi connectivity index (χ0v) is 6.88. The zero-order chi connectivity index (χ0) is 2.00. The molecule has 0 aliphatic carbocycles. The fourth-order valence-corrected chi connectivity index (χ4v) is 0. The van der Waals surface area contributed by atoms with Crippen molar-refractivity contribution in [3.05, 3.63) is 0 Å². The minimum absolute atomic E-state index is 0. The van der Waals surface area contributed by atoms with Gasteiger partial charge in [-0.3, -0.25) is 0 Å². The normalized spacial score (nSPS) is 1.00. The van der Waals surface area contributed by atoms with E-state index in [9.17, 15) is 0 Å². The second kappa shape index (κ2) is 52.7. The number of hydrogen-bond acceptors (Lipinski definition) is 1. The Morgan fingerprint density at radius 3 is 1.17 bits per heavy atom. The Labute approximate surface area is 88.7 Å². The molecule has 6 heavy (non-hydrogen) atoms. The summed E-state index contributed by atoms with van der Waals surface area (Å²) in [5.41, 5.74) is 0. The molecule has 0 aromatic rings. The van der Waals surface area contributed by atoms with E-state index in [1.807, 2.05) is 0 Å². The first-order chi connectivity index (χ1) is 1.00. The zero-order valence-electron chi connectivity index (χ0n) is 3.73. The Kier molecular flexibility index (Phi) is 350. The van der Waals surface area contributed by atoms with Gasteiger partial charge < -0.3 is 1.43 Å². The molecule has 0 fully saturated rings. The van der Waals surface area contributed by atoms with E-state index in [1.54, 1.807) is 0 Å². The summed E-state index contributed by atoms with van der Waals surface area (Å²) in [6.07, 6.45) is 0. The molecule has 0 heterocycles. The first-order valence-corrected chi connectivity index (χ1v) is 0.532. The van der Waals surface area contributed by atoms with Gasteiger partial charge in [-0.25, -0.2) is 0 Å². The summed E-state index contributed by atoms with van der Waals surface area (Å²) in [6, 6.07) is 0. The standard InChI is InChI=1S/Li.Mn.3Ni.O.H/q+1;;;;;;-1. The van der Waals surface area contributed by atoms with Crippen molar-refractivity contribution in [2.45, 2.75) is 0 Å². The van der Waals surface area contributed by atoms with Gasteiger partial charge in [-0.15, -0.1) is 0 Å². The van der Waals surface area contributed by atoms with Gasteiger partial charge in [0.05, 0.1) is 0 Å². The molecule has 0 bridgehead atoms. The fraction of sp³-hybridized carbons (Fsp3) is 0. The number of hydrogen-bond donors (Lipinski definition) is 0. The van der Waals surface area contributed by atoms with Crippen LogP contribution in [0.15, 0.2) is 0 Å². The van der Waals surface area contributed by atoms with Gasteiger partial charge in [0.2, 0.25) is 0 Å². The molecule has 0 aromatic carbocycles. The average Bonchev–Trinajstić information content (AvgIpc) is 1.00. The molecule has 45 valence electrons. The van der Waals surface area contributed by atoms with Crippen LogP contribution in [-0.4, -0.2) is 0 Å². The molecule has 0 aliphatic rings. The van der Waals surface area contributed by atoms with Crippen molar-refractivity contribution in [3.63, 3.8) is 0 Å². The summed E-state index contributed by atoms with van der Waals surface area (Å²) in [7, 11) is 0. The predicted octanol–water partition coefficient (Wildman–Crippen LogP) is -3.01. The molecule has 0 N–H and O–H groups in total. The third kappa shape index (κ3) is 32.4. The summed E-state index contributed by atoms with van der Waals surface area (Å²) in [5, 5.41) is 0. The molecular weight excluding hydrogens is 254 g/mol. The second-order valence-electron chi connectivity index (χ2n) is 0. The average molecular weight is 255 g/mol. The first kappa shape index (κ1) is 39.8. The molecule has 0 aromatic heterocycles. The van der Waals surface area contributed by atoms with E-state index in [1.165, 1.54) is 0 Å². The van der Waals surface area contributed by atoms with Crippen LogP contribution in [-0.2, 0) is 69.3 Å². The van der Waals surface area contributed by atoms with Crippen molar-refractivity contribution in [2.24, 2.45) is 0 Å². The molecule has 1 radical (unpaired) electrons. The fourth-order valence-electron chi connectivity index (χ4n) is 0. The van der Waals surface area contributed by atoms with Crippen molar-refractivity contribution in [3.8, 4) is 0 Å². The van der Waals surface area contributed by atoms with Crippen molar-refractivity contribution < 1.29 is 89.6 Å². The van der Waals surface area contributed by atoms with Gasteiger partial charge in [-0.2, -0.15) is 0 Å². The first-order valence-electron chi connectivity index (χ1n) is 0.129. The molecule has 0 saturated heterocycles. The van der Waals surface area contributed by atoms with E-state index in [4.69, 9.17) is 3.90 Å². The molecule has 0 atom stereocenters. The Morgan fingerprint density at radius 2 is 1.17 bits per heavy atom. The molecule has 6 heteroatoms. The van der Waals surface area contributed by atoms with Gasteiger partial charge in [-0.05, 0) is 0 Å². The van der Waals surface area contributed by atoms with Crippen LogP contribution in [0, 0.1) is 0 Å². The van der Waals surface area contributed by atoms with Gasteiger partial charge in [0.25, 0.3) is 0 Å². The number of rotatable bonds is 0. The summed E-state index contributed by atoms with van der Waals surface area (Å²) < 4.78 is 7.88. The Hall–Kier alpha value is 2.40. The van der Waals surface area contributed by atoms with Gasteiger partial charge >= 0.3 is 38.1 Å². The Morgan fingerprint density at radius 1 is 1.17 bits per heavy atom. The van der Waals surface area contributed by atoms with Crippen molar-refractivity contribution >= 4 is 0 Å². The topological polar surface area (TPSA) is 17.1 Å². The van der Waals surface area contributed by atoms with E-state index < -0.39 is 0 Å². The summed E-state index contributed by atoms with van der Waals surface area (Å²) in [4.78, 5) is 0. The second-order valence-corrected chi connectivity index (χ2v) is 0. The Bertz CT molecular complexity index is 14.9. The molecular formula is HLiMnNi3O. The minimum atomic E-state index is 0. The van der Waals surface area contributed by atoms with Crippen LogP contribution < -0.4 is 18.9 Å².